The van der Waals surface area contributed by atoms with Crippen LogP contribution in [-0.2, 0) is 6.54 Å². The van der Waals surface area contributed by atoms with Gasteiger partial charge >= 0.3 is 0 Å². The molecule has 0 aliphatic rings. The minimum atomic E-state index is 0.741. The Morgan fingerprint density at radius 3 is 2.76 bits per heavy atom. The topological polar surface area (TPSA) is 15.6 Å². The van der Waals surface area contributed by atoms with Gasteiger partial charge < -0.3 is 0 Å². The van der Waals surface area contributed by atoms with Crippen molar-refractivity contribution in [3.05, 3.63) is 70.1 Å². The molecule has 0 N–H and O–H groups in total. The van der Waals surface area contributed by atoms with Gasteiger partial charge in [-0.25, -0.2) is 0 Å². The summed E-state index contributed by atoms with van der Waals surface area (Å²) in [5.41, 5.74) is 2.35. The molecule has 0 saturated heterocycles. The molecular weight excluding hydrogens is 300 g/mol. The van der Waals surface area contributed by atoms with E-state index in [0.717, 1.165) is 17.1 Å². The number of hydrogen-bond acceptors (Lipinski definition) is 3. The van der Waals surface area contributed by atoms with Gasteiger partial charge in [0.1, 0.15) is 0 Å². The highest BCUT2D eigenvalue weighted by Crippen LogP contribution is 2.25. The largest absolute Gasteiger partial charge is 0.296 e. The van der Waals surface area contributed by atoms with Crippen LogP contribution >= 0.6 is 22.9 Å². The van der Waals surface area contributed by atoms with E-state index in [4.69, 9.17) is 11.6 Å². The van der Waals surface area contributed by atoms with E-state index in [1.54, 1.807) is 11.3 Å². The maximum atomic E-state index is 5.87. The predicted molar refractivity (Wildman–Crippen MR) is 92.3 cm³/mol. The molecule has 1 aromatic heterocycles. The lowest BCUT2D eigenvalue weighted by Gasteiger charge is -2.13. The van der Waals surface area contributed by atoms with Gasteiger partial charge in [-0.1, -0.05) is 41.9 Å². The Labute approximate surface area is 133 Å². The molecule has 0 bridgehead atoms. The van der Waals surface area contributed by atoms with Gasteiger partial charge in [0.05, 0.1) is 12.8 Å². The van der Waals surface area contributed by atoms with Crippen LogP contribution in [0.2, 0.25) is 5.02 Å². The van der Waals surface area contributed by atoms with Gasteiger partial charge in [-0.3, -0.25) is 5.01 Å². The SMILES string of the molecule is CN(Cc1cccc2ccsc12)/N=C/c1ccc(Cl)cc1. The first kappa shape index (κ1) is 14.1. The van der Waals surface area contributed by atoms with E-state index in [1.165, 1.54) is 15.6 Å². The molecule has 0 saturated carbocycles. The van der Waals surface area contributed by atoms with Crippen molar-refractivity contribution in [2.45, 2.75) is 6.54 Å². The standard InChI is InChI=1S/C17H15ClN2S/c1-20(19-11-13-5-7-16(18)8-6-13)12-15-4-2-3-14-9-10-21-17(14)15/h2-11H,12H2,1H3/b19-11+. The van der Waals surface area contributed by atoms with Crippen LogP contribution in [-0.4, -0.2) is 18.3 Å². The summed E-state index contributed by atoms with van der Waals surface area (Å²) in [4.78, 5) is 0. The Morgan fingerprint density at radius 1 is 1.14 bits per heavy atom. The second-order valence-corrected chi connectivity index (χ2v) is 6.22. The monoisotopic (exact) mass is 314 g/mol. The molecule has 3 aromatic rings. The van der Waals surface area contributed by atoms with Crippen molar-refractivity contribution in [1.82, 2.24) is 5.01 Å². The number of nitrogens with zero attached hydrogens (tertiary/aromatic N) is 2. The summed E-state index contributed by atoms with van der Waals surface area (Å²) >= 11 is 7.65. The summed E-state index contributed by atoms with van der Waals surface area (Å²) in [6, 6.07) is 16.2. The predicted octanol–water partition coefficient (Wildman–Crippen LogP) is 5.02. The van der Waals surface area contributed by atoms with E-state index >= 15 is 0 Å². The van der Waals surface area contributed by atoms with E-state index in [9.17, 15) is 0 Å². The Bertz CT molecular complexity index is 762. The number of hydrogen-bond donors (Lipinski definition) is 0. The molecular formula is C17H15ClN2S. The van der Waals surface area contributed by atoms with Crippen LogP contribution in [0.5, 0.6) is 0 Å². The minimum absolute atomic E-state index is 0.741. The van der Waals surface area contributed by atoms with Crippen LogP contribution in [0.3, 0.4) is 0 Å². The number of hydrazone groups is 1. The maximum absolute atomic E-state index is 5.87. The van der Waals surface area contributed by atoms with E-state index < -0.39 is 0 Å². The fourth-order valence-electron chi connectivity index (χ4n) is 2.18. The molecule has 0 fully saturated rings. The van der Waals surface area contributed by atoms with Crippen LogP contribution in [0, 0.1) is 0 Å². The molecule has 3 rings (SSSR count). The van der Waals surface area contributed by atoms with Crippen molar-refractivity contribution in [3.8, 4) is 0 Å². The fraction of sp³-hybridized carbons (Fsp3) is 0.118. The number of thiophene rings is 1. The first-order valence-corrected chi connectivity index (χ1v) is 7.94. The number of benzene rings is 2. The lowest BCUT2D eigenvalue weighted by Crippen LogP contribution is -2.10. The Kier molecular flexibility index (Phi) is 4.23. The number of fused-ring (bicyclic) bond motifs is 1. The molecule has 2 nitrogen and oxygen atoms in total. The summed E-state index contributed by atoms with van der Waals surface area (Å²) in [5, 5.41) is 10.6. The fourth-order valence-corrected chi connectivity index (χ4v) is 3.21. The minimum Gasteiger partial charge on any atom is -0.296 e. The molecule has 0 aliphatic heterocycles. The molecule has 2 aromatic carbocycles. The van der Waals surface area contributed by atoms with E-state index in [1.807, 2.05) is 42.5 Å². The van der Waals surface area contributed by atoms with Crippen molar-refractivity contribution >= 4 is 39.2 Å². The van der Waals surface area contributed by atoms with Crippen molar-refractivity contribution in [1.29, 1.82) is 0 Å². The third-order valence-corrected chi connectivity index (χ3v) is 4.49. The summed E-state index contributed by atoms with van der Waals surface area (Å²) in [5.74, 6) is 0. The van der Waals surface area contributed by atoms with Gasteiger partial charge in [0.15, 0.2) is 0 Å². The highest BCUT2D eigenvalue weighted by atomic mass is 35.5. The van der Waals surface area contributed by atoms with Gasteiger partial charge in [-0.2, -0.15) is 5.10 Å². The molecule has 0 unspecified atom stereocenters. The molecule has 21 heavy (non-hydrogen) atoms. The third-order valence-electron chi connectivity index (χ3n) is 3.23. The smallest absolute Gasteiger partial charge is 0.0621 e. The third kappa shape index (κ3) is 3.43. The summed E-state index contributed by atoms with van der Waals surface area (Å²) in [7, 11) is 1.98. The number of rotatable bonds is 4. The van der Waals surface area contributed by atoms with Crippen LogP contribution in [0.4, 0.5) is 0 Å². The highest BCUT2D eigenvalue weighted by molar-refractivity contribution is 7.17. The summed E-state index contributed by atoms with van der Waals surface area (Å²) in [6.45, 7) is 0.794. The van der Waals surface area contributed by atoms with Crippen molar-refractivity contribution in [2.24, 2.45) is 5.10 Å². The first-order valence-electron chi connectivity index (χ1n) is 6.68. The average molecular weight is 315 g/mol. The normalized spacial score (nSPS) is 11.3. The Morgan fingerprint density at radius 2 is 1.95 bits per heavy atom. The lowest BCUT2D eigenvalue weighted by molar-refractivity contribution is 0.350. The molecule has 106 valence electrons. The Balaban J connectivity index is 1.73. The molecule has 0 atom stereocenters. The lowest BCUT2D eigenvalue weighted by atomic mass is 10.1. The van der Waals surface area contributed by atoms with Crippen LogP contribution in [0.1, 0.15) is 11.1 Å². The summed E-state index contributed by atoms with van der Waals surface area (Å²) < 4.78 is 1.34. The van der Waals surface area contributed by atoms with Crippen molar-refractivity contribution < 1.29 is 0 Å². The van der Waals surface area contributed by atoms with E-state index in [0.29, 0.717) is 0 Å². The molecule has 0 radical (unpaired) electrons. The van der Waals surface area contributed by atoms with Gasteiger partial charge in [-0.05, 0) is 40.1 Å². The van der Waals surface area contributed by atoms with Gasteiger partial charge in [-0.15, -0.1) is 11.3 Å². The van der Waals surface area contributed by atoms with Crippen LogP contribution < -0.4 is 0 Å². The Hall–Kier alpha value is -1.84. The second kappa shape index (κ2) is 6.29. The first-order chi connectivity index (χ1) is 10.2. The quantitative estimate of drug-likeness (QED) is 0.487. The molecule has 0 spiro atoms. The van der Waals surface area contributed by atoms with Crippen LogP contribution in [0.15, 0.2) is 59.0 Å². The highest BCUT2D eigenvalue weighted by Gasteiger charge is 2.03. The average Bonchev–Trinajstić information content (AvgIpc) is 2.96. The van der Waals surface area contributed by atoms with Crippen molar-refractivity contribution in [3.63, 3.8) is 0 Å². The van der Waals surface area contributed by atoms with E-state index in [-0.39, 0.29) is 0 Å². The zero-order valence-electron chi connectivity index (χ0n) is 11.7. The summed E-state index contributed by atoms with van der Waals surface area (Å²) in [6.07, 6.45) is 1.85. The van der Waals surface area contributed by atoms with Gasteiger partial charge in [0.2, 0.25) is 0 Å². The van der Waals surface area contributed by atoms with Gasteiger partial charge in [0.25, 0.3) is 0 Å². The van der Waals surface area contributed by atoms with Gasteiger partial charge in [0, 0.05) is 16.8 Å². The second-order valence-electron chi connectivity index (χ2n) is 4.87. The molecule has 0 aliphatic carbocycles. The van der Waals surface area contributed by atoms with E-state index in [2.05, 4.69) is 34.7 Å². The zero-order valence-corrected chi connectivity index (χ0v) is 13.2. The number of halogens is 1. The molecule has 0 amide bonds. The zero-order chi connectivity index (χ0) is 14.7. The van der Waals surface area contributed by atoms with Crippen molar-refractivity contribution in [2.75, 3.05) is 7.05 Å². The molecule has 1 heterocycles. The maximum Gasteiger partial charge on any atom is 0.0621 e. The molecule has 4 heteroatoms. The van der Waals surface area contributed by atoms with Crippen LogP contribution in [0.25, 0.3) is 10.1 Å².